The molecule has 4 rings (SSSR count). The number of aryl methyl sites for hydroxylation is 1. The molecule has 0 bridgehead atoms. The number of hydrogen-bond donors (Lipinski definition) is 2. The van der Waals surface area contributed by atoms with Gasteiger partial charge < -0.3 is 10.4 Å². The first-order valence-corrected chi connectivity index (χ1v) is 10.1. The minimum atomic E-state index is -1.14. The number of carbonyl (C=O) groups is 4. The number of carbonyl (C=O) groups excluding carboxylic acids is 3. The summed E-state index contributed by atoms with van der Waals surface area (Å²) in [5.74, 6) is -2.73. The van der Waals surface area contributed by atoms with Crippen LogP contribution in [0.3, 0.4) is 0 Å². The van der Waals surface area contributed by atoms with Crippen LogP contribution in [-0.4, -0.2) is 28.8 Å². The van der Waals surface area contributed by atoms with E-state index in [1.54, 1.807) is 31.2 Å². The van der Waals surface area contributed by atoms with Gasteiger partial charge in [0, 0.05) is 5.56 Å². The molecule has 2 aromatic carbocycles. The van der Waals surface area contributed by atoms with Gasteiger partial charge in [-0.2, -0.15) is 0 Å². The molecular weight excluding hydrogens is 396 g/mol. The second-order valence-corrected chi connectivity index (χ2v) is 8.02. The van der Waals surface area contributed by atoms with Crippen molar-refractivity contribution in [2.24, 2.45) is 17.8 Å². The van der Waals surface area contributed by atoms with E-state index < -0.39 is 11.9 Å². The van der Waals surface area contributed by atoms with Gasteiger partial charge in [-0.3, -0.25) is 19.3 Å². The van der Waals surface area contributed by atoms with Crippen molar-refractivity contribution in [1.29, 1.82) is 0 Å². The number of rotatable bonds is 4. The van der Waals surface area contributed by atoms with Crippen molar-refractivity contribution in [3.63, 3.8) is 0 Å². The van der Waals surface area contributed by atoms with Crippen molar-refractivity contribution >= 4 is 35.1 Å². The van der Waals surface area contributed by atoms with Crippen LogP contribution in [0, 0.1) is 24.7 Å². The molecule has 0 spiro atoms. The van der Waals surface area contributed by atoms with E-state index in [1.807, 2.05) is 19.1 Å². The largest absolute Gasteiger partial charge is 0.478 e. The quantitative estimate of drug-likeness (QED) is 0.583. The van der Waals surface area contributed by atoms with Crippen LogP contribution in [0.5, 0.6) is 0 Å². The SMILES string of the molecule is Cc1ccc(C(=O)O)c(NC(=O)c2ccc(N3C(=O)[C@H]4[C@H](C)C=CC[C@H]4C3=O)cc2)c1. The number of nitrogens with zero attached hydrogens (tertiary/aromatic N) is 1. The molecule has 1 heterocycles. The molecule has 1 aliphatic heterocycles. The first kappa shape index (κ1) is 20.5. The predicted molar refractivity (Wildman–Crippen MR) is 115 cm³/mol. The van der Waals surface area contributed by atoms with Crippen LogP contribution in [0.4, 0.5) is 11.4 Å². The van der Waals surface area contributed by atoms with E-state index in [1.165, 1.54) is 23.1 Å². The number of carboxylic acid groups (broad SMARTS) is 1. The van der Waals surface area contributed by atoms with Crippen molar-refractivity contribution < 1.29 is 24.3 Å². The molecule has 3 atom stereocenters. The van der Waals surface area contributed by atoms with Crippen LogP contribution in [0.15, 0.2) is 54.6 Å². The lowest BCUT2D eigenvalue weighted by Crippen LogP contribution is -2.31. The normalized spacial score (nSPS) is 22.4. The predicted octanol–water partition coefficient (Wildman–Crippen LogP) is 3.65. The summed E-state index contributed by atoms with van der Waals surface area (Å²) in [6, 6.07) is 10.9. The fraction of sp³-hybridized carbons (Fsp3) is 0.250. The molecule has 0 unspecified atom stereocenters. The first-order valence-electron chi connectivity index (χ1n) is 10.1. The van der Waals surface area contributed by atoms with Gasteiger partial charge in [0.05, 0.1) is 28.8 Å². The van der Waals surface area contributed by atoms with Gasteiger partial charge in [0.1, 0.15) is 0 Å². The molecule has 31 heavy (non-hydrogen) atoms. The Kier molecular flexibility index (Phi) is 5.19. The lowest BCUT2D eigenvalue weighted by atomic mass is 9.78. The van der Waals surface area contributed by atoms with Crippen molar-refractivity contribution in [3.8, 4) is 0 Å². The molecule has 3 amide bonds. The van der Waals surface area contributed by atoms with Crippen molar-refractivity contribution in [3.05, 3.63) is 71.3 Å². The van der Waals surface area contributed by atoms with Crippen LogP contribution in [0.25, 0.3) is 0 Å². The zero-order chi connectivity index (χ0) is 22.3. The third-order valence-corrected chi connectivity index (χ3v) is 5.91. The summed E-state index contributed by atoms with van der Waals surface area (Å²) >= 11 is 0. The number of aromatic carboxylic acids is 1. The Morgan fingerprint density at radius 1 is 1.06 bits per heavy atom. The number of amides is 3. The second-order valence-electron chi connectivity index (χ2n) is 8.02. The van der Waals surface area contributed by atoms with E-state index in [-0.39, 0.29) is 46.4 Å². The highest BCUT2D eigenvalue weighted by atomic mass is 16.4. The van der Waals surface area contributed by atoms with Crippen molar-refractivity contribution in [2.75, 3.05) is 10.2 Å². The molecule has 7 heteroatoms. The van der Waals surface area contributed by atoms with Gasteiger partial charge >= 0.3 is 5.97 Å². The molecule has 0 aromatic heterocycles. The Bertz CT molecular complexity index is 1120. The highest BCUT2D eigenvalue weighted by Crippen LogP contribution is 2.40. The summed E-state index contributed by atoms with van der Waals surface area (Å²) in [5, 5.41) is 12.0. The highest BCUT2D eigenvalue weighted by molar-refractivity contribution is 6.22. The van der Waals surface area contributed by atoms with Crippen molar-refractivity contribution in [2.45, 2.75) is 20.3 Å². The molecule has 1 fully saturated rings. The van der Waals surface area contributed by atoms with Crippen LogP contribution >= 0.6 is 0 Å². The highest BCUT2D eigenvalue weighted by Gasteiger charge is 2.50. The topological polar surface area (TPSA) is 104 Å². The number of carboxylic acids is 1. The minimum Gasteiger partial charge on any atom is -0.478 e. The summed E-state index contributed by atoms with van der Waals surface area (Å²) in [6.07, 6.45) is 4.48. The molecule has 2 N–H and O–H groups in total. The minimum absolute atomic E-state index is 0.00279. The van der Waals surface area contributed by atoms with Gasteiger partial charge in [-0.1, -0.05) is 25.1 Å². The smallest absolute Gasteiger partial charge is 0.337 e. The van der Waals surface area contributed by atoms with Gasteiger partial charge in [-0.15, -0.1) is 0 Å². The molecule has 0 saturated carbocycles. The number of imide groups is 1. The average Bonchev–Trinajstić information content (AvgIpc) is 2.99. The van der Waals surface area contributed by atoms with Gasteiger partial charge in [0.25, 0.3) is 5.91 Å². The number of benzene rings is 2. The van der Waals surface area contributed by atoms with Crippen LogP contribution < -0.4 is 10.2 Å². The molecule has 7 nitrogen and oxygen atoms in total. The zero-order valence-corrected chi connectivity index (χ0v) is 17.2. The van der Waals surface area contributed by atoms with Gasteiger partial charge in [0.15, 0.2) is 0 Å². The molecule has 2 aromatic rings. The summed E-state index contributed by atoms with van der Waals surface area (Å²) in [4.78, 5) is 51.0. The van der Waals surface area contributed by atoms with E-state index in [9.17, 15) is 24.3 Å². The maximum absolute atomic E-state index is 12.9. The van der Waals surface area contributed by atoms with Crippen LogP contribution in [-0.2, 0) is 9.59 Å². The Morgan fingerprint density at radius 3 is 2.42 bits per heavy atom. The summed E-state index contributed by atoms with van der Waals surface area (Å²) in [7, 11) is 0. The van der Waals surface area contributed by atoms with E-state index in [0.29, 0.717) is 12.1 Å². The average molecular weight is 418 g/mol. The van der Waals surface area contributed by atoms with Crippen molar-refractivity contribution in [1.82, 2.24) is 0 Å². The lowest BCUT2D eigenvalue weighted by Gasteiger charge is -2.22. The summed E-state index contributed by atoms with van der Waals surface area (Å²) in [5.41, 5.74) is 1.72. The van der Waals surface area contributed by atoms with Crippen LogP contribution in [0.2, 0.25) is 0 Å². The summed E-state index contributed by atoms with van der Waals surface area (Å²) < 4.78 is 0. The Labute approximate surface area is 179 Å². The number of fused-ring (bicyclic) bond motifs is 1. The number of nitrogens with one attached hydrogen (secondary N) is 1. The molecule has 1 saturated heterocycles. The van der Waals surface area contributed by atoms with Gasteiger partial charge in [-0.05, 0) is 61.2 Å². The maximum atomic E-state index is 12.9. The third-order valence-electron chi connectivity index (χ3n) is 5.91. The zero-order valence-electron chi connectivity index (χ0n) is 17.2. The number of hydrogen-bond acceptors (Lipinski definition) is 4. The fourth-order valence-electron chi connectivity index (χ4n) is 4.31. The molecule has 158 valence electrons. The van der Waals surface area contributed by atoms with E-state index in [0.717, 1.165) is 5.56 Å². The monoisotopic (exact) mass is 418 g/mol. The maximum Gasteiger partial charge on any atom is 0.337 e. The second kappa shape index (κ2) is 7.83. The Balaban J connectivity index is 1.55. The Morgan fingerprint density at radius 2 is 1.77 bits per heavy atom. The molecule has 2 aliphatic rings. The third kappa shape index (κ3) is 3.63. The Hall–Kier alpha value is -3.74. The van der Waals surface area contributed by atoms with Crippen LogP contribution in [0.1, 0.15) is 39.6 Å². The lowest BCUT2D eigenvalue weighted by molar-refractivity contribution is -0.122. The molecular formula is C24H22N2O5. The van der Waals surface area contributed by atoms with Gasteiger partial charge in [0.2, 0.25) is 11.8 Å². The fourth-order valence-corrected chi connectivity index (χ4v) is 4.31. The molecule has 0 radical (unpaired) electrons. The van der Waals surface area contributed by atoms with E-state index >= 15 is 0 Å². The summed E-state index contributed by atoms with van der Waals surface area (Å²) in [6.45, 7) is 3.74. The van der Waals surface area contributed by atoms with E-state index in [2.05, 4.69) is 5.32 Å². The standard InChI is InChI=1S/C24H22N2O5/c1-13-6-11-17(24(30)31)19(12-13)25-21(27)15-7-9-16(10-8-15)26-22(28)18-5-3-4-14(2)20(18)23(26)29/h3-4,6-12,14,18,20H,5H2,1-2H3,(H,25,27)(H,30,31)/t14-,18-,20+/m1/s1. The number of anilines is 2. The van der Waals surface area contributed by atoms with Gasteiger partial charge in [-0.25, -0.2) is 4.79 Å². The number of allylic oxidation sites excluding steroid dienone is 2. The van der Waals surface area contributed by atoms with E-state index in [4.69, 9.17) is 0 Å². The molecule has 1 aliphatic carbocycles. The first-order chi connectivity index (χ1) is 14.8.